The normalized spacial score (nSPS) is 11.9. The van der Waals surface area contributed by atoms with E-state index in [0.717, 1.165) is 22.3 Å². The number of allylic oxidation sites excluding steroid dienone is 1. The van der Waals surface area contributed by atoms with Crippen molar-refractivity contribution in [3.8, 4) is 11.5 Å². The van der Waals surface area contributed by atoms with Gasteiger partial charge in [0.25, 0.3) is 5.56 Å². The quantitative estimate of drug-likeness (QED) is 0.571. The molecule has 0 aliphatic heterocycles. The van der Waals surface area contributed by atoms with Crippen LogP contribution in [0.1, 0.15) is 18.1 Å². The molecule has 0 atom stereocenters. The van der Waals surface area contributed by atoms with Gasteiger partial charge in [-0.25, -0.2) is 0 Å². The van der Waals surface area contributed by atoms with Crippen LogP contribution < -0.4 is 15.0 Å². The molecular formula is C25H25NO6. The molecule has 2 aromatic carbocycles. The number of carbonyl (C=O) groups is 2. The van der Waals surface area contributed by atoms with Crippen molar-refractivity contribution < 1.29 is 23.8 Å². The molecule has 3 aromatic rings. The fourth-order valence-electron chi connectivity index (χ4n) is 3.52. The molecule has 4 rings (SSSR count). The standard InChI is InChI=1S/C14H15NO4.C11H10O2/c1-3-19-13(17)9-15-12(16)8-7-10-5-4-6-11(18-2)14(10)15;1-13-11-4-2-3-8-5-6-9(12)7-10(8)11/h4-8H,3,9H2,1-2H3;2-6H,7H2,1H3. The van der Waals surface area contributed by atoms with Crippen LogP contribution in [0.5, 0.6) is 11.5 Å². The van der Waals surface area contributed by atoms with E-state index in [4.69, 9.17) is 14.2 Å². The lowest BCUT2D eigenvalue weighted by atomic mass is 9.96. The Morgan fingerprint density at radius 2 is 1.66 bits per heavy atom. The maximum absolute atomic E-state index is 11.9. The minimum Gasteiger partial charge on any atom is -0.496 e. The highest BCUT2D eigenvalue weighted by atomic mass is 16.5. The summed E-state index contributed by atoms with van der Waals surface area (Å²) in [5.41, 5.74) is 2.42. The summed E-state index contributed by atoms with van der Waals surface area (Å²) in [5.74, 6) is 1.05. The molecule has 0 radical (unpaired) electrons. The zero-order valence-corrected chi connectivity index (χ0v) is 18.3. The molecule has 0 saturated heterocycles. The number of ketones is 1. The van der Waals surface area contributed by atoms with Gasteiger partial charge in [-0.2, -0.15) is 0 Å². The van der Waals surface area contributed by atoms with Crippen LogP contribution in [-0.4, -0.2) is 37.1 Å². The lowest BCUT2D eigenvalue weighted by molar-refractivity contribution is -0.143. The summed E-state index contributed by atoms with van der Waals surface area (Å²) >= 11 is 0. The Hall–Kier alpha value is -3.87. The second-order valence-electron chi connectivity index (χ2n) is 6.97. The fraction of sp³-hybridized carbons (Fsp3) is 0.240. The molecule has 0 fully saturated rings. The van der Waals surface area contributed by atoms with Crippen molar-refractivity contribution >= 4 is 28.7 Å². The van der Waals surface area contributed by atoms with Gasteiger partial charge in [-0.3, -0.25) is 19.0 Å². The number of rotatable bonds is 5. The van der Waals surface area contributed by atoms with E-state index in [2.05, 4.69) is 0 Å². The van der Waals surface area contributed by atoms with Crippen LogP contribution in [0.3, 0.4) is 0 Å². The van der Waals surface area contributed by atoms with Crippen LogP contribution in [0.25, 0.3) is 17.0 Å². The van der Waals surface area contributed by atoms with E-state index in [-0.39, 0.29) is 24.5 Å². The van der Waals surface area contributed by atoms with Gasteiger partial charge in [-0.15, -0.1) is 0 Å². The first-order valence-electron chi connectivity index (χ1n) is 10.2. The highest BCUT2D eigenvalue weighted by molar-refractivity contribution is 5.98. The molecule has 0 bridgehead atoms. The first kappa shape index (κ1) is 22.8. The van der Waals surface area contributed by atoms with Crippen LogP contribution in [0, 0.1) is 0 Å². The van der Waals surface area contributed by atoms with E-state index in [1.807, 2.05) is 36.4 Å². The molecule has 166 valence electrons. The van der Waals surface area contributed by atoms with Crippen LogP contribution in [0.2, 0.25) is 0 Å². The first-order valence-corrected chi connectivity index (χ1v) is 10.2. The lowest BCUT2D eigenvalue weighted by Crippen LogP contribution is -2.25. The van der Waals surface area contributed by atoms with Gasteiger partial charge in [-0.05, 0) is 36.8 Å². The summed E-state index contributed by atoms with van der Waals surface area (Å²) in [6.45, 7) is 1.89. The van der Waals surface area contributed by atoms with Crippen LogP contribution in [0.4, 0.5) is 0 Å². The molecule has 1 aliphatic rings. The van der Waals surface area contributed by atoms with Crippen LogP contribution >= 0.6 is 0 Å². The highest BCUT2D eigenvalue weighted by Crippen LogP contribution is 2.27. The number of hydrogen-bond donors (Lipinski definition) is 0. The zero-order chi connectivity index (χ0) is 23.1. The van der Waals surface area contributed by atoms with Gasteiger partial charge >= 0.3 is 5.97 Å². The first-order chi connectivity index (χ1) is 15.5. The summed E-state index contributed by atoms with van der Waals surface area (Å²) in [7, 11) is 3.15. The van der Waals surface area contributed by atoms with Crippen molar-refractivity contribution in [2.45, 2.75) is 19.9 Å². The van der Waals surface area contributed by atoms with Crippen molar-refractivity contribution in [1.82, 2.24) is 4.57 Å². The molecule has 32 heavy (non-hydrogen) atoms. The molecule has 0 spiro atoms. The Kier molecular flexibility index (Phi) is 7.44. The third kappa shape index (κ3) is 5.06. The number of aromatic nitrogens is 1. The second-order valence-corrected chi connectivity index (χ2v) is 6.97. The number of hydrogen-bond acceptors (Lipinski definition) is 6. The number of para-hydroxylation sites is 1. The van der Waals surface area contributed by atoms with Crippen molar-refractivity contribution in [3.05, 3.63) is 76.1 Å². The molecule has 0 N–H and O–H groups in total. The minimum absolute atomic E-state index is 0.121. The predicted octanol–water partition coefficient (Wildman–Crippen LogP) is 3.41. The fourth-order valence-corrected chi connectivity index (χ4v) is 3.52. The largest absolute Gasteiger partial charge is 0.496 e. The molecule has 7 heteroatoms. The molecular weight excluding hydrogens is 410 g/mol. The van der Waals surface area contributed by atoms with Crippen molar-refractivity contribution in [2.24, 2.45) is 0 Å². The number of benzene rings is 2. The third-order valence-corrected chi connectivity index (χ3v) is 4.97. The molecule has 0 unspecified atom stereocenters. The number of esters is 1. The van der Waals surface area contributed by atoms with Gasteiger partial charge < -0.3 is 14.2 Å². The van der Waals surface area contributed by atoms with Crippen LogP contribution in [0.15, 0.2) is 59.4 Å². The maximum atomic E-state index is 11.9. The topological polar surface area (TPSA) is 83.8 Å². The van der Waals surface area contributed by atoms with Crippen molar-refractivity contribution in [3.63, 3.8) is 0 Å². The minimum atomic E-state index is -0.442. The maximum Gasteiger partial charge on any atom is 0.326 e. The number of nitrogens with zero attached hydrogens (tertiary/aromatic N) is 1. The second kappa shape index (κ2) is 10.4. The SMILES string of the molecule is CCOC(=O)Cn1c(=O)ccc2cccc(OC)c21.COc1cccc2c1CC(=O)C=C2. The number of ether oxygens (including phenoxy) is 3. The van der Waals surface area contributed by atoms with E-state index in [1.165, 1.54) is 17.7 Å². The average molecular weight is 435 g/mol. The van der Waals surface area contributed by atoms with Gasteiger partial charge in [0.1, 0.15) is 18.0 Å². The monoisotopic (exact) mass is 435 g/mol. The lowest BCUT2D eigenvalue weighted by Gasteiger charge is -2.13. The van der Waals surface area contributed by atoms with E-state index in [9.17, 15) is 14.4 Å². The number of methoxy groups -OCH3 is 2. The summed E-state index contributed by atoms with van der Waals surface area (Å²) in [4.78, 5) is 34.7. The summed E-state index contributed by atoms with van der Waals surface area (Å²) in [5, 5.41) is 0.836. The van der Waals surface area contributed by atoms with Crippen molar-refractivity contribution in [2.75, 3.05) is 20.8 Å². The Morgan fingerprint density at radius 3 is 2.38 bits per heavy atom. The third-order valence-electron chi connectivity index (χ3n) is 4.97. The molecule has 1 aromatic heterocycles. The number of carbonyl (C=O) groups excluding carboxylic acids is 2. The predicted molar refractivity (Wildman–Crippen MR) is 122 cm³/mol. The highest BCUT2D eigenvalue weighted by Gasteiger charge is 2.14. The van der Waals surface area contributed by atoms with Gasteiger partial charge in [-0.1, -0.05) is 30.3 Å². The molecule has 1 aliphatic carbocycles. The molecule has 0 saturated carbocycles. The molecule has 7 nitrogen and oxygen atoms in total. The summed E-state index contributed by atoms with van der Waals surface area (Å²) in [6, 6.07) is 14.4. The van der Waals surface area contributed by atoms with Gasteiger partial charge in [0.15, 0.2) is 5.78 Å². The van der Waals surface area contributed by atoms with Gasteiger partial charge in [0.05, 0.1) is 26.3 Å². The number of fused-ring (bicyclic) bond motifs is 2. The smallest absolute Gasteiger partial charge is 0.326 e. The van der Waals surface area contributed by atoms with Crippen molar-refractivity contribution in [1.29, 1.82) is 0 Å². The summed E-state index contributed by atoms with van der Waals surface area (Å²) in [6.07, 6.45) is 3.90. The molecule has 1 heterocycles. The van der Waals surface area contributed by atoms with E-state index in [1.54, 1.807) is 32.2 Å². The number of pyridine rings is 1. The van der Waals surface area contributed by atoms with E-state index in [0.29, 0.717) is 17.7 Å². The van der Waals surface area contributed by atoms with E-state index >= 15 is 0 Å². The average Bonchev–Trinajstić information content (AvgIpc) is 2.80. The van der Waals surface area contributed by atoms with Gasteiger partial charge in [0, 0.05) is 23.4 Å². The Bertz CT molecular complexity index is 1220. The van der Waals surface area contributed by atoms with Gasteiger partial charge in [0.2, 0.25) is 0 Å². The Morgan fingerprint density at radius 1 is 0.938 bits per heavy atom. The zero-order valence-electron chi connectivity index (χ0n) is 18.3. The summed E-state index contributed by atoms with van der Waals surface area (Å²) < 4.78 is 16.7. The van der Waals surface area contributed by atoms with Crippen LogP contribution in [-0.2, 0) is 27.3 Å². The van der Waals surface area contributed by atoms with E-state index < -0.39 is 5.97 Å². The Labute approximate surface area is 185 Å². The molecule has 0 amide bonds. The Balaban J connectivity index is 0.000000193.